The van der Waals surface area contributed by atoms with E-state index in [0.717, 1.165) is 17.5 Å². The van der Waals surface area contributed by atoms with Gasteiger partial charge in [0, 0.05) is 10.9 Å². The number of benzene rings is 1. The van der Waals surface area contributed by atoms with Gasteiger partial charge in [-0.05, 0) is 37.5 Å². The summed E-state index contributed by atoms with van der Waals surface area (Å²) in [5, 5.41) is 5.07. The first-order chi connectivity index (χ1) is 12.4. The zero-order chi connectivity index (χ0) is 18.8. The first-order valence-electron chi connectivity index (χ1n) is 8.29. The van der Waals surface area contributed by atoms with Crippen LogP contribution >= 0.6 is 11.3 Å². The van der Waals surface area contributed by atoms with Crippen molar-refractivity contribution in [2.45, 2.75) is 27.2 Å². The van der Waals surface area contributed by atoms with Gasteiger partial charge in [-0.25, -0.2) is 0 Å². The Hall–Kier alpha value is -2.86. The van der Waals surface area contributed by atoms with Crippen LogP contribution in [0.5, 0.6) is 0 Å². The zero-order valence-corrected chi connectivity index (χ0v) is 15.7. The lowest BCUT2D eigenvalue weighted by Crippen LogP contribution is -2.17. The summed E-state index contributed by atoms with van der Waals surface area (Å²) >= 11 is 1.28. The van der Waals surface area contributed by atoms with E-state index in [1.54, 1.807) is 19.9 Å². The second kappa shape index (κ2) is 7.17. The maximum absolute atomic E-state index is 12.5. The van der Waals surface area contributed by atoms with Crippen molar-refractivity contribution in [3.8, 4) is 11.1 Å². The Kier molecular flexibility index (Phi) is 4.95. The molecular weight excluding hydrogens is 348 g/mol. The number of hydrogen-bond acceptors (Lipinski definition) is 4. The molecule has 0 bridgehead atoms. The van der Waals surface area contributed by atoms with Crippen LogP contribution in [-0.4, -0.2) is 11.8 Å². The van der Waals surface area contributed by atoms with Crippen LogP contribution in [0.2, 0.25) is 0 Å². The number of thiophene rings is 1. The van der Waals surface area contributed by atoms with Gasteiger partial charge in [0.1, 0.15) is 16.5 Å². The van der Waals surface area contributed by atoms with Crippen LogP contribution in [0.1, 0.15) is 44.7 Å². The topological polar surface area (TPSA) is 85.3 Å². The standard InChI is InChI=1S/C20H20N2O3S/c1-4-13-5-7-14(8-6-13)16-10-26-20(17(16)18(21)23)22-19(24)15-9-11(2)25-12(15)3/h5-10H,4H2,1-3H3,(H2,21,23)(H,22,24). The highest BCUT2D eigenvalue weighted by Gasteiger charge is 2.21. The van der Waals surface area contributed by atoms with Gasteiger partial charge in [0.05, 0.1) is 11.1 Å². The number of carbonyl (C=O) groups excluding carboxylic acids is 2. The van der Waals surface area contributed by atoms with Crippen LogP contribution in [0.15, 0.2) is 40.1 Å². The Morgan fingerprint density at radius 1 is 1.19 bits per heavy atom. The predicted molar refractivity (Wildman–Crippen MR) is 104 cm³/mol. The molecule has 134 valence electrons. The van der Waals surface area contributed by atoms with Crippen molar-refractivity contribution in [2.75, 3.05) is 5.32 Å². The number of nitrogens with two attached hydrogens (primary N) is 1. The molecule has 0 radical (unpaired) electrons. The van der Waals surface area contributed by atoms with E-state index in [4.69, 9.17) is 10.2 Å². The van der Waals surface area contributed by atoms with E-state index in [0.29, 0.717) is 27.6 Å². The smallest absolute Gasteiger partial charge is 0.259 e. The lowest BCUT2D eigenvalue weighted by Gasteiger charge is -2.07. The Balaban J connectivity index is 1.95. The summed E-state index contributed by atoms with van der Waals surface area (Å²) in [6.07, 6.45) is 0.942. The molecule has 0 aliphatic carbocycles. The summed E-state index contributed by atoms with van der Waals surface area (Å²) < 4.78 is 5.40. The third-order valence-corrected chi connectivity index (χ3v) is 5.12. The van der Waals surface area contributed by atoms with Crippen molar-refractivity contribution in [1.82, 2.24) is 0 Å². The van der Waals surface area contributed by atoms with Crippen molar-refractivity contribution in [3.05, 3.63) is 63.9 Å². The number of nitrogens with one attached hydrogen (secondary N) is 1. The first kappa shape index (κ1) is 17.9. The molecule has 0 fully saturated rings. The second-order valence-electron chi connectivity index (χ2n) is 6.05. The number of rotatable bonds is 5. The van der Waals surface area contributed by atoms with Crippen molar-refractivity contribution < 1.29 is 14.0 Å². The van der Waals surface area contributed by atoms with Crippen molar-refractivity contribution in [2.24, 2.45) is 5.73 Å². The van der Waals surface area contributed by atoms with Crippen LogP contribution in [-0.2, 0) is 6.42 Å². The molecule has 6 heteroatoms. The number of primary amides is 1. The zero-order valence-electron chi connectivity index (χ0n) is 14.9. The fourth-order valence-electron chi connectivity index (χ4n) is 2.85. The van der Waals surface area contributed by atoms with Crippen LogP contribution in [0.4, 0.5) is 5.00 Å². The van der Waals surface area contributed by atoms with Crippen LogP contribution in [0.25, 0.3) is 11.1 Å². The van der Waals surface area contributed by atoms with Gasteiger partial charge in [-0.3, -0.25) is 9.59 Å². The lowest BCUT2D eigenvalue weighted by atomic mass is 10.0. The minimum absolute atomic E-state index is 0.323. The molecule has 3 N–H and O–H groups in total. The number of amides is 2. The van der Waals surface area contributed by atoms with Gasteiger partial charge >= 0.3 is 0 Å². The van der Waals surface area contributed by atoms with E-state index >= 15 is 0 Å². The molecule has 5 nitrogen and oxygen atoms in total. The third kappa shape index (κ3) is 3.41. The molecule has 0 aliphatic heterocycles. The van der Waals surface area contributed by atoms with E-state index in [2.05, 4.69) is 12.2 Å². The van der Waals surface area contributed by atoms with E-state index in [1.807, 2.05) is 29.6 Å². The predicted octanol–water partition coefficient (Wildman–Crippen LogP) is 4.54. The fraction of sp³-hybridized carbons (Fsp3) is 0.200. The van der Waals surface area contributed by atoms with Crippen LogP contribution in [0.3, 0.4) is 0 Å². The van der Waals surface area contributed by atoms with Gasteiger partial charge in [-0.2, -0.15) is 0 Å². The van der Waals surface area contributed by atoms with Crippen molar-refractivity contribution >= 4 is 28.2 Å². The Morgan fingerprint density at radius 2 is 1.88 bits per heavy atom. The van der Waals surface area contributed by atoms with Crippen molar-refractivity contribution in [1.29, 1.82) is 0 Å². The summed E-state index contributed by atoms with van der Waals surface area (Å²) in [5.41, 5.74) is 9.20. The minimum atomic E-state index is -0.573. The average Bonchev–Trinajstić information content (AvgIpc) is 3.17. The highest BCUT2D eigenvalue weighted by Crippen LogP contribution is 2.36. The Labute approximate surface area is 155 Å². The summed E-state index contributed by atoms with van der Waals surface area (Å²) in [7, 11) is 0. The van der Waals surface area contributed by atoms with Gasteiger partial charge in [-0.15, -0.1) is 11.3 Å². The molecule has 0 spiro atoms. The van der Waals surface area contributed by atoms with Gasteiger partial charge in [-0.1, -0.05) is 31.2 Å². The lowest BCUT2D eigenvalue weighted by molar-refractivity contribution is 0.100. The second-order valence-corrected chi connectivity index (χ2v) is 6.93. The van der Waals surface area contributed by atoms with Gasteiger partial charge in [0.15, 0.2) is 0 Å². The van der Waals surface area contributed by atoms with E-state index < -0.39 is 5.91 Å². The molecule has 26 heavy (non-hydrogen) atoms. The Bertz CT molecular complexity index is 968. The summed E-state index contributed by atoms with van der Waals surface area (Å²) in [4.78, 5) is 24.6. The number of furan rings is 1. The molecule has 2 aromatic heterocycles. The first-order valence-corrected chi connectivity index (χ1v) is 9.17. The molecule has 3 aromatic rings. The van der Waals surface area contributed by atoms with Crippen LogP contribution in [0, 0.1) is 13.8 Å². The molecular formula is C20H20N2O3S. The normalized spacial score (nSPS) is 10.7. The van der Waals surface area contributed by atoms with Gasteiger partial charge < -0.3 is 15.5 Å². The molecule has 0 aliphatic rings. The minimum Gasteiger partial charge on any atom is -0.466 e. The Morgan fingerprint density at radius 3 is 2.42 bits per heavy atom. The molecule has 0 unspecified atom stereocenters. The number of anilines is 1. The summed E-state index contributed by atoms with van der Waals surface area (Å²) in [6, 6.07) is 9.64. The largest absolute Gasteiger partial charge is 0.466 e. The van der Waals surface area contributed by atoms with E-state index in [1.165, 1.54) is 16.9 Å². The number of aryl methyl sites for hydroxylation is 3. The molecule has 0 saturated carbocycles. The van der Waals surface area contributed by atoms with Crippen LogP contribution < -0.4 is 11.1 Å². The molecule has 0 atom stereocenters. The molecule has 1 aromatic carbocycles. The number of hydrogen-bond donors (Lipinski definition) is 2. The molecule has 3 rings (SSSR count). The van der Waals surface area contributed by atoms with Crippen molar-refractivity contribution in [3.63, 3.8) is 0 Å². The molecule has 2 heterocycles. The van der Waals surface area contributed by atoms with Gasteiger partial charge in [0.2, 0.25) is 0 Å². The highest BCUT2D eigenvalue weighted by molar-refractivity contribution is 7.15. The van der Waals surface area contributed by atoms with E-state index in [-0.39, 0.29) is 5.91 Å². The third-order valence-electron chi connectivity index (χ3n) is 4.22. The SMILES string of the molecule is CCc1ccc(-c2csc(NC(=O)c3cc(C)oc3C)c2C(N)=O)cc1. The maximum atomic E-state index is 12.5. The molecule has 0 saturated heterocycles. The quantitative estimate of drug-likeness (QED) is 0.693. The molecule has 2 amide bonds. The maximum Gasteiger partial charge on any atom is 0.259 e. The summed E-state index contributed by atoms with van der Waals surface area (Å²) in [5.74, 6) is 0.297. The van der Waals surface area contributed by atoms with Gasteiger partial charge in [0.25, 0.3) is 11.8 Å². The fourth-order valence-corrected chi connectivity index (χ4v) is 3.82. The summed E-state index contributed by atoms with van der Waals surface area (Å²) in [6.45, 7) is 5.59. The highest BCUT2D eigenvalue weighted by atomic mass is 32.1. The van der Waals surface area contributed by atoms with E-state index in [9.17, 15) is 9.59 Å². The average molecular weight is 368 g/mol. The monoisotopic (exact) mass is 368 g/mol. The number of carbonyl (C=O) groups is 2.